The maximum atomic E-state index is 12.6. The van der Waals surface area contributed by atoms with Gasteiger partial charge >= 0.3 is 6.09 Å². The molecule has 0 fully saturated rings. The molecule has 0 spiro atoms. The SMILES string of the molecule is CCOC(=O)N1CC=C(c2cccn3nc(Nc4ccc(C(=O)NCc5cccnc5C)cc4)nc23)CC1. The molecule has 1 aliphatic rings. The molecular formula is C28H29N7O3. The third kappa shape index (κ3) is 5.49. The Morgan fingerprint density at radius 2 is 1.95 bits per heavy atom. The van der Waals surface area contributed by atoms with E-state index in [9.17, 15) is 9.59 Å². The fourth-order valence-electron chi connectivity index (χ4n) is 4.32. The van der Waals surface area contributed by atoms with Gasteiger partial charge in [0.05, 0.1) is 6.61 Å². The van der Waals surface area contributed by atoms with E-state index in [0.29, 0.717) is 44.2 Å². The van der Waals surface area contributed by atoms with Crippen molar-refractivity contribution in [2.24, 2.45) is 0 Å². The number of nitrogens with one attached hydrogen (secondary N) is 2. The number of benzene rings is 1. The molecule has 10 heteroatoms. The first kappa shape index (κ1) is 24.9. The molecule has 38 heavy (non-hydrogen) atoms. The zero-order chi connectivity index (χ0) is 26.5. The molecule has 0 bridgehead atoms. The van der Waals surface area contributed by atoms with E-state index in [2.05, 4.69) is 20.7 Å². The second-order valence-corrected chi connectivity index (χ2v) is 8.88. The van der Waals surface area contributed by atoms with Crippen LogP contribution in [0.4, 0.5) is 16.4 Å². The molecule has 0 unspecified atom stereocenters. The molecule has 0 radical (unpaired) electrons. The molecular weight excluding hydrogens is 482 g/mol. The third-order valence-corrected chi connectivity index (χ3v) is 6.40. The fraction of sp³-hybridized carbons (Fsp3) is 0.250. The summed E-state index contributed by atoms with van der Waals surface area (Å²) in [6, 6.07) is 14.9. The highest BCUT2D eigenvalue weighted by atomic mass is 16.6. The van der Waals surface area contributed by atoms with Crippen molar-refractivity contribution in [2.45, 2.75) is 26.8 Å². The monoisotopic (exact) mass is 511 g/mol. The van der Waals surface area contributed by atoms with Crippen LogP contribution in [0.25, 0.3) is 11.2 Å². The highest BCUT2D eigenvalue weighted by Crippen LogP contribution is 2.26. The Hall–Kier alpha value is -4.73. The summed E-state index contributed by atoms with van der Waals surface area (Å²) in [5.41, 5.74) is 6.03. The second-order valence-electron chi connectivity index (χ2n) is 8.88. The van der Waals surface area contributed by atoms with Gasteiger partial charge in [-0.25, -0.2) is 9.31 Å². The minimum Gasteiger partial charge on any atom is -0.450 e. The van der Waals surface area contributed by atoms with Crippen molar-refractivity contribution in [2.75, 3.05) is 25.0 Å². The maximum absolute atomic E-state index is 12.6. The van der Waals surface area contributed by atoms with E-state index in [1.807, 2.05) is 55.6 Å². The number of aromatic nitrogens is 4. The van der Waals surface area contributed by atoms with E-state index in [4.69, 9.17) is 9.72 Å². The van der Waals surface area contributed by atoms with Crippen LogP contribution < -0.4 is 10.6 Å². The average Bonchev–Trinajstić information content (AvgIpc) is 3.35. The van der Waals surface area contributed by atoms with Crippen LogP contribution in [0.15, 0.2) is 67.0 Å². The first-order valence-electron chi connectivity index (χ1n) is 12.5. The topological polar surface area (TPSA) is 114 Å². The number of carbonyl (C=O) groups excluding carboxylic acids is 2. The van der Waals surface area contributed by atoms with Gasteiger partial charge in [-0.3, -0.25) is 9.78 Å². The third-order valence-electron chi connectivity index (χ3n) is 6.40. The smallest absolute Gasteiger partial charge is 0.410 e. The van der Waals surface area contributed by atoms with E-state index < -0.39 is 0 Å². The summed E-state index contributed by atoms with van der Waals surface area (Å²) < 4.78 is 6.84. The van der Waals surface area contributed by atoms with Gasteiger partial charge in [0.15, 0.2) is 5.65 Å². The molecule has 0 aliphatic carbocycles. The first-order valence-corrected chi connectivity index (χ1v) is 12.5. The first-order chi connectivity index (χ1) is 18.5. The lowest BCUT2D eigenvalue weighted by Crippen LogP contribution is -2.35. The number of nitrogens with zero attached hydrogens (tertiary/aromatic N) is 5. The molecule has 0 atom stereocenters. The molecule has 1 aromatic carbocycles. The number of anilines is 2. The van der Waals surface area contributed by atoms with Crippen molar-refractivity contribution >= 4 is 34.9 Å². The van der Waals surface area contributed by atoms with Gasteiger partial charge in [0.1, 0.15) is 0 Å². The zero-order valence-corrected chi connectivity index (χ0v) is 21.3. The molecule has 10 nitrogen and oxygen atoms in total. The van der Waals surface area contributed by atoms with Gasteiger partial charge in [-0.05, 0) is 73.9 Å². The lowest BCUT2D eigenvalue weighted by Gasteiger charge is -2.25. The van der Waals surface area contributed by atoms with Crippen molar-refractivity contribution in [3.8, 4) is 0 Å². The Morgan fingerprint density at radius 1 is 1.11 bits per heavy atom. The van der Waals surface area contributed by atoms with E-state index in [0.717, 1.165) is 33.7 Å². The Bertz CT molecular complexity index is 1490. The van der Waals surface area contributed by atoms with Crippen molar-refractivity contribution in [1.82, 2.24) is 29.8 Å². The number of aryl methyl sites for hydroxylation is 1. The molecule has 5 rings (SSSR count). The van der Waals surface area contributed by atoms with Crippen molar-refractivity contribution in [3.63, 3.8) is 0 Å². The van der Waals surface area contributed by atoms with Gasteiger partial charge < -0.3 is 20.3 Å². The van der Waals surface area contributed by atoms with E-state index in [-0.39, 0.29) is 12.0 Å². The number of hydrogen-bond acceptors (Lipinski definition) is 7. The van der Waals surface area contributed by atoms with Crippen LogP contribution in [0.1, 0.15) is 40.5 Å². The minimum atomic E-state index is -0.290. The van der Waals surface area contributed by atoms with Crippen molar-refractivity contribution in [1.29, 1.82) is 0 Å². The van der Waals surface area contributed by atoms with Crippen LogP contribution in [-0.2, 0) is 11.3 Å². The summed E-state index contributed by atoms with van der Waals surface area (Å²) in [5.74, 6) is 0.295. The molecule has 4 heterocycles. The van der Waals surface area contributed by atoms with Crippen LogP contribution in [0.3, 0.4) is 0 Å². The highest BCUT2D eigenvalue weighted by molar-refractivity contribution is 5.94. The second kappa shape index (κ2) is 11.1. The van der Waals surface area contributed by atoms with Gasteiger partial charge in [0.2, 0.25) is 5.95 Å². The van der Waals surface area contributed by atoms with Crippen LogP contribution in [-0.4, -0.2) is 56.2 Å². The zero-order valence-electron chi connectivity index (χ0n) is 21.3. The summed E-state index contributed by atoms with van der Waals surface area (Å²) in [7, 11) is 0. The molecule has 2 amide bonds. The predicted molar refractivity (Wildman–Crippen MR) is 144 cm³/mol. The summed E-state index contributed by atoms with van der Waals surface area (Å²) in [5, 5.41) is 10.7. The predicted octanol–water partition coefficient (Wildman–Crippen LogP) is 4.35. The maximum Gasteiger partial charge on any atom is 0.410 e. The largest absolute Gasteiger partial charge is 0.450 e. The van der Waals surface area contributed by atoms with Gasteiger partial charge in [-0.1, -0.05) is 12.1 Å². The van der Waals surface area contributed by atoms with Gasteiger partial charge in [0, 0.05) is 54.5 Å². The summed E-state index contributed by atoms with van der Waals surface area (Å²) in [6.07, 6.45) is 6.04. The highest BCUT2D eigenvalue weighted by Gasteiger charge is 2.20. The van der Waals surface area contributed by atoms with Crippen LogP contribution in [0.2, 0.25) is 0 Å². The molecule has 0 saturated carbocycles. The number of pyridine rings is 2. The lowest BCUT2D eigenvalue weighted by atomic mass is 10.0. The van der Waals surface area contributed by atoms with Crippen LogP contribution in [0, 0.1) is 6.92 Å². The lowest BCUT2D eigenvalue weighted by molar-refractivity contribution is 0.0950. The van der Waals surface area contributed by atoms with Gasteiger partial charge in [-0.2, -0.15) is 4.98 Å². The van der Waals surface area contributed by atoms with E-state index in [1.54, 1.807) is 34.7 Å². The van der Waals surface area contributed by atoms with Crippen molar-refractivity contribution in [3.05, 3.63) is 89.4 Å². The number of fused-ring (bicyclic) bond motifs is 1. The van der Waals surface area contributed by atoms with Crippen LogP contribution >= 0.6 is 0 Å². The summed E-state index contributed by atoms with van der Waals surface area (Å²) >= 11 is 0. The van der Waals surface area contributed by atoms with E-state index >= 15 is 0 Å². The standard InChI is InChI=1S/C28H29N7O3/c1-3-38-28(37)34-16-12-20(13-17-34)24-7-5-15-35-25(24)32-27(33-35)31-23-10-8-21(9-11-23)26(36)30-18-22-6-4-14-29-19(22)2/h4-12,14-15H,3,13,16-18H2,1-2H3,(H,30,36)(H,31,33). The molecule has 4 aromatic rings. The number of hydrogen-bond donors (Lipinski definition) is 2. The molecule has 3 aromatic heterocycles. The fourth-order valence-corrected chi connectivity index (χ4v) is 4.32. The van der Waals surface area contributed by atoms with Crippen molar-refractivity contribution < 1.29 is 14.3 Å². The van der Waals surface area contributed by atoms with Crippen LogP contribution in [0.5, 0.6) is 0 Å². The average molecular weight is 512 g/mol. The number of amides is 2. The molecule has 0 saturated heterocycles. The molecule has 1 aliphatic heterocycles. The van der Waals surface area contributed by atoms with E-state index in [1.165, 1.54) is 0 Å². The summed E-state index contributed by atoms with van der Waals surface area (Å²) in [4.78, 5) is 35.2. The number of ether oxygens (including phenoxy) is 1. The number of rotatable bonds is 7. The quantitative estimate of drug-likeness (QED) is 0.379. The Balaban J connectivity index is 1.25. The Labute approximate surface area is 220 Å². The molecule has 194 valence electrons. The summed E-state index contributed by atoms with van der Waals surface area (Å²) in [6.45, 7) is 5.59. The number of carbonyl (C=O) groups is 2. The van der Waals surface area contributed by atoms with Gasteiger partial charge in [0.25, 0.3) is 5.91 Å². The van der Waals surface area contributed by atoms with Gasteiger partial charge in [-0.15, -0.1) is 5.10 Å². The normalized spacial score (nSPS) is 13.2. The minimum absolute atomic E-state index is 0.155. The Kier molecular flexibility index (Phi) is 7.30. The Morgan fingerprint density at radius 3 is 2.68 bits per heavy atom. The molecule has 2 N–H and O–H groups in total.